The SMILES string of the molecule is Cc1cccc([N+](=O)[O-])c1OCCC(N)C(=O)O. The Balaban J connectivity index is 2.72. The smallest absolute Gasteiger partial charge is 0.320 e. The molecule has 0 bridgehead atoms. The molecule has 0 spiro atoms. The van der Waals surface area contributed by atoms with E-state index in [4.69, 9.17) is 15.6 Å². The molecule has 7 heteroatoms. The standard InChI is InChI=1S/C11H14N2O5/c1-7-3-2-4-9(13(16)17)10(7)18-6-5-8(12)11(14)15/h2-4,8H,5-6,12H2,1H3,(H,14,15). The maximum atomic E-state index is 10.8. The third kappa shape index (κ3) is 3.42. The summed E-state index contributed by atoms with van der Waals surface area (Å²) in [5.41, 5.74) is 5.78. The molecule has 1 aromatic rings. The molecular weight excluding hydrogens is 240 g/mol. The lowest BCUT2D eigenvalue weighted by molar-refractivity contribution is -0.385. The number of hydrogen-bond acceptors (Lipinski definition) is 5. The van der Waals surface area contributed by atoms with Crippen LogP contribution in [0.25, 0.3) is 0 Å². The largest absolute Gasteiger partial charge is 0.487 e. The maximum absolute atomic E-state index is 10.8. The number of carboxylic acid groups (broad SMARTS) is 1. The minimum Gasteiger partial charge on any atom is -0.487 e. The predicted molar refractivity (Wildman–Crippen MR) is 63.6 cm³/mol. The van der Waals surface area contributed by atoms with Crippen molar-refractivity contribution in [2.45, 2.75) is 19.4 Å². The zero-order valence-electron chi connectivity index (χ0n) is 9.83. The zero-order chi connectivity index (χ0) is 13.7. The minimum atomic E-state index is -1.13. The van der Waals surface area contributed by atoms with Gasteiger partial charge in [0.25, 0.3) is 0 Å². The number of para-hydroxylation sites is 1. The van der Waals surface area contributed by atoms with Crippen molar-refractivity contribution < 1.29 is 19.6 Å². The highest BCUT2D eigenvalue weighted by Gasteiger charge is 2.18. The number of benzene rings is 1. The second kappa shape index (κ2) is 5.97. The van der Waals surface area contributed by atoms with Crippen LogP contribution in [0.15, 0.2) is 18.2 Å². The molecule has 18 heavy (non-hydrogen) atoms. The van der Waals surface area contributed by atoms with Crippen LogP contribution in [0.1, 0.15) is 12.0 Å². The number of hydrogen-bond donors (Lipinski definition) is 2. The van der Waals surface area contributed by atoms with E-state index in [0.29, 0.717) is 5.56 Å². The van der Waals surface area contributed by atoms with Gasteiger partial charge in [-0.3, -0.25) is 14.9 Å². The van der Waals surface area contributed by atoms with Crippen LogP contribution in [0.2, 0.25) is 0 Å². The number of nitrogens with zero attached hydrogens (tertiary/aromatic N) is 1. The molecule has 0 aromatic heterocycles. The number of aliphatic carboxylic acids is 1. The first-order valence-corrected chi connectivity index (χ1v) is 5.28. The van der Waals surface area contributed by atoms with E-state index in [1.54, 1.807) is 19.1 Å². The molecule has 0 heterocycles. The van der Waals surface area contributed by atoms with Crippen LogP contribution in [0.4, 0.5) is 5.69 Å². The summed E-state index contributed by atoms with van der Waals surface area (Å²) in [5, 5.41) is 19.4. The molecular formula is C11H14N2O5. The van der Waals surface area contributed by atoms with Gasteiger partial charge in [-0.15, -0.1) is 0 Å². The second-order valence-corrected chi connectivity index (χ2v) is 3.76. The third-order valence-electron chi connectivity index (χ3n) is 2.38. The quantitative estimate of drug-likeness (QED) is 0.579. The first kappa shape index (κ1) is 13.9. The third-order valence-corrected chi connectivity index (χ3v) is 2.38. The van der Waals surface area contributed by atoms with Gasteiger partial charge in [0.2, 0.25) is 0 Å². The summed E-state index contributed by atoms with van der Waals surface area (Å²) < 4.78 is 5.27. The summed E-state index contributed by atoms with van der Waals surface area (Å²) in [5.74, 6) is -0.974. The molecule has 0 fully saturated rings. The number of carboxylic acids is 1. The topological polar surface area (TPSA) is 116 Å². The van der Waals surface area contributed by atoms with Gasteiger partial charge in [0, 0.05) is 12.5 Å². The zero-order valence-corrected chi connectivity index (χ0v) is 9.83. The van der Waals surface area contributed by atoms with Crippen molar-refractivity contribution in [1.29, 1.82) is 0 Å². The molecule has 0 radical (unpaired) electrons. The van der Waals surface area contributed by atoms with Crippen molar-refractivity contribution in [3.63, 3.8) is 0 Å². The monoisotopic (exact) mass is 254 g/mol. The average molecular weight is 254 g/mol. The molecule has 3 N–H and O–H groups in total. The Hall–Kier alpha value is -2.15. The van der Waals surface area contributed by atoms with E-state index in [1.165, 1.54) is 6.07 Å². The van der Waals surface area contributed by atoms with E-state index in [9.17, 15) is 14.9 Å². The number of nitro benzene ring substituents is 1. The number of rotatable bonds is 6. The second-order valence-electron chi connectivity index (χ2n) is 3.76. The van der Waals surface area contributed by atoms with Crippen LogP contribution in [0, 0.1) is 17.0 Å². The van der Waals surface area contributed by atoms with Crippen molar-refractivity contribution in [3.05, 3.63) is 33.9 Å². The van der Waals surface area contributed by atoms with E-state index in [0.717, 1.165) is 0 Å². The van der Waals surface area contributed by atoms with Gasteiger partial charge in [-0.25, -0.2) is 0 Å². The number of nitro groups is 1. The van der Waals surface area contributed by atoms with Crippen LogP contribution in [-0.4, -0.2) is 28.6 Å². The Bertz CT molecular complexity index is 461. The van der Waals surface area contributed by atoms with Gasteiger partial charge in [-0.05, 0) is 12.5 Å². The summed E-state index contributed by atoms with van der Waals surface area (Å²) in [6.07, 6.45) is 0.0841. The van der Waals surface area contributed by atoms with Crippen molar-refractivity contribution in [2.24, 2.45) is 5.73 Å². The van der Waals surface area contributed by atoms with E-state index in [-0.39, 0.29) is 24.5 Å². The van der Waals surface area contributed by atoms with E-state index < -0.39 is 16.9 Å². The number of aryl methyl sites for hydroxylation is 1. The number of ether oxygens (including phenoxy) is 1. The van der Waals surface area contributed by atoms with Gasteiger partial charge in [0.05, 0.1) is 11.5 Å². The molecule has 98 valence electrons. The van der Waals surface area contributed by atoms with Crippen molar-refractivity contribution in [2.75, 3.05) is 6.61 Å². The van der Waals surface area contributed by atoms with E-state index in [1.807, 2.05) is 0 Å². The molecule has 0 saturated carbocycles. The summed E-state index contributed by atoms with van der Waals surface area (Å²) in [7, 11) is 0. The van der Waals surface area contributed by atoms with Crippen molar-refractivity contribution in [3.8, 4) is 5.75 Å². The minimum absolute atomic E-state index is 0.0131. The molecule has 0 saturated heterocycles. The Morgan fingerprint density at radius 3 is 2.83 bits per heavy atom. The molecule has 0 aliphatic carbocycles. The maximum Gasteiger partial charge on any atom is 0.320 e. The van der Waals surface area contributed by atoms with Gasteiger partial charge in [0.1, 0.15) is 6.04 Å². The molecule has 0 amide bonds. The van der Waals surface area contributed by atoms with Gasteiger partial charge >= 0.3 is 11.7 Å². The Morgan fingerprint density at radius 1 is 1.61 bits per heavy atom. The summed E-state index contributed by atoms with van der Waals surface area (Å²) in [4.78, 5) is 20.7. The van der Waals surface area contributed by atoms with Gasteiger partial charge < -0.3 is 15.6 Å². The molecule has 0 aliphatic rings. The number of carbonyl (C=O) groups is 1. The summed E-state index contributed by atoms with van der Waals surface area (Å²) in [6, 6.07) is 3.54. The Morgan fingerprint density at radius 2 is 2.28 bits per heavy atom. The highest BCUT2D eigenvalue weighted by atomic mass is 16.6. The predicted octanol–water partition coefficient (Wildman–Crippen LogP) is 1.08. The molecule has 1 atom stereocenters. The van der Waals surface area contributed by atoms with Crippen molar-refractivity contribution >= 4 is 11.7 Å². The highest BCUT2D eigenvalue weighted by Crippen LogP contribution is 2.30. The lowest BCUT2D eigenvalue weighted by atomic mass is 10.2. The molecule has 0 aliphatic heterocycles. The number of nitrogens with two attached hydrogens (primary N) is 1. The molecule has 7 nitrogen and oxygen atoms in total. The first-order valence-electron chi connectivity index (χ1n) is 5.28. The fourth-order valence-corrected chi connectivity index (χ4v) is 1.38. The van der Waals surface area contributed by atoms with Crippen LogP contribution < -0.4 is 10.5 Å². The van der Waals surface area contributed by atoms with Gasteiger partial charge in [-0.2, -0.15) is 0 Å². The van der Waals surface area contributed by atoms with Gasteiger partial charge in [0.15, 0.2) is 5.75 Å². The fraction of sp³-hybridized carbons (Fsp3) is 0.364. The van der Waals surface area contributed by atoms with Crippen LogP contribution in [0.5, 0.6) is 5.75 Å². The molecule has 1 unspecified atom stereocenters. The van der Waals surface area contributed by atoms with Crippen LogP contribution in [-0.2, 0) is 4.79 Å². The van der Waals surface area contributed by atoms with Crippen LogP contribution in [0.3, 0.4) is 0 Å². The summed E-state index contributed by atoms with van der Waals surface area (Å²) in [6.45, 7) is 1.69. The Labute approximate surface area is 103 Å². The summed E-state index contributed by atoms with van der Waals surface area (Å²) >= 11 is 0. The first-order chi connectivity index (χ1) is 8.43. The van der Waals surface area contributed by atoms with E-state index >= 15 is 0 Å². The molecule has 1 rings (SSSR count). The molecule has 1 aromatic carbocycles. The average Bonchev–Trinajstić information content (AvgIpc) is 2.30. The lowest BCUT2D eigenvalue weighted by Crippen LogP contribution is -2.31. The highest BCUT2D eigenvalue weighted by molar-refractivity contribution is 5.72. The fourth-order valence-electron chi connectivity index (χ4n) is 1.38. The van der Waals surface area contributed by atoms with Gasteiger partial charge in [-0.1, -0.05) is 12.1 Å². The Kier molecular flexibility index (Phi) is 4.61. The van der Waals surface area contributed by atoms with Crippen molar-refractivity contribution in [1.82, 2.24) is 0 Å². The van der Waals surface area contributed by atoms with Crippen LogP contribution >= 0.6 is 0 Å². The normalized spacial score (nSPS) is 11.9. The van der Waals surface area contributed by atoms with E-state index in [2.05, 4.69) is 0 Å². The lowest BCUT2D eigenvalue weighted by Gasteiger charge is -2.10.